The molecule has 0 N–H and O–H groups in total. The van der Waals surface area contributed by atoms with Gasteiger partial charge in [-0.25, -0.2) is 9.59 Å². The number of hydrogen-bond donors (Lipinski definition) is 0. The monoisotopic (exact) mass is 468 g/mol. The Balaban J connectivity index is 1.70. The summed E-state index contributed by atoms with van der Waals surface area (Å²) in [6, 6.07) is 22.9. The van der Waals surface area contributed by atoms with Crippen molar-refractivity contribution in [3.8, 4) is 16.9 Å². The fraction of sp³-hybridized carbons (Fsp3) is 0.200. The van der Waals surface area contributed by atoms with Crippen LogP contribution in [0.4, 0.5) is 0 Å². The van der Waals surface area contributed by atoms with E-state index < -0.39 is 5.60 Å². The number of carbonyl (C=O) groups excluding carboxylic acids is 1. The number of hydrogen-bond acceptors (Lipinski definition) is 5. The van der Waals surface area contributed by atoms with E-state index in [0.29, 0.717) is 23.3 Å². The second kappa shape index (κ2) is 10.0. The van der Waals surface area contributed by atoms with Gasteiger partial charge in [-0.05, 0) is 67.7 Å². The minimum atomic E-state index is -0.531. The maximum Gasteiger partial charge on any atom is 0.344 e. The molecule has 0 aliphatic heterocycles. The highest BCUT2D eigenvalue weighted by molar-refractivity contribution is 5.89. The Morgan fingerprint density at radius 2 is 1.69 bits per heavy atom. The maximum atomic E-state index is 13.1. The number of methoxy groups -OCH3 is 1. The van der Waals surface area contributed by atoms with Crippen LogP contribution in [-0.2, 0) is 16.0 Å². The average Bonchev–Trinajstić information content (AvgIpc) is 2.82. The average molecular weight is 469 g/mol. The van der Waals surface area contributed by atoms with E-state index in [1.165, 1.54) is 6.08 Å². The van der Waals surface area contributed by atoms with Gasteiger partial charge < -0.3 is 13.9 Å². The Morgan fingerprint density at radius 1 is 0.971 bits per heavy atom. The van der Waals surface area contributed by atoms with Crippen LogP contribution in [0.2, 0.25) is 0 Å². The zero-order valence-corrected chi connectivity index (χ0v) is 20.3. The molecule has 0 amide bonds. The molecular formula is C30H28O5. The lowest BCUT2D eigenvalue weighted by molar-refractivity contribution is -0.148. The summed E-state index contributed by atoms with van der Waals surface area (Å²) in [5, 5.41) is 0.859. The highest BCUT2D eigenvalue weighted by Gasteiger charge is 2.17. The van der Waals surface area contributed by atoms with Crippen LogP contribution in [0.15, 0.2) is 88.1 Å². The molecule has 3 aromatic carbocycles. The standard InChI is InChI=1S/C30H28O5/c1-30(2,3)35-27(31)17-14-20-10-12-21(13-11-20)18-25-24-16-15-23(33-4)19-26(24)34-29(32)28(25)22-8-6-5-7-9-22/h5-17,19H,18H2,1-4H3. The van der Waals surface area contributed by atoms with Crippen molar-refractivity contribution < 1.29 is 18.7 Å². The maximum absolute atomic E-state index is 13.1. The molecular weight excluding hydrogens is 440 g/mol. The normalized spacial score (nSPS) is 11.7. The summed E-state index contributed by atoms with van der Waals surface area (Å²) >= 11 is 0. The molecule has 0 fully saturated rings. The Hall–Kier alpha value is -4.12. The van der Waals surface area contributed by atoms with Crippen molar-refractivity contribution in [2.75, 3.05) is 7.11 Å². The summed E-state index contributed by atoms with van der Waals surface area (Å²) < 4.78 is 16.3. The summed E-state index contributed by atoms with van der Waals surface area (Å²) in [7, 11) is 1.58. The lowest BCUT2D eigenvalue weighted by atomic mass is 9.93. The van der Waals surface area contributed by atoms with E-state index in [1.807, 2.05) is 87.5 Å². The Labute approximate surface area is 204 Å². The summed E-state index contributed by atoms with van der Waals surface area (Å²) in [4.78, 5) is 25.0. The number of ether oxygens (including phenoxy) is 2. The highest BCUT2D eigenvalue weighted by Crippen LogP contribution is 2.31. The minimum absolute atomic E-state index is 0.382. The van der Waals surface area contributed by atoms with Crippen LogP contribution in [0.1, 0.15) is 37.5 Å². The Morgan fingerprint density at radius 3 is 2.34 bits per heavy atom. The summed E-state index contributed by atoms with van der Waals surface area (Å²) in [5.74, 6) is 0.243. The third-order valence-electron chi connectivity index (χ3n) is 5.46. The molecule has 178 valence electrons. The molecule has 1 heterocycles. The quantitative estimate of drug-likeness (QED) is 0.186. The SMILES string of the molecule is COc1ccc2c(Cc3ccc(C=CC(=O)OC(C)(C)C)cc3)c(-c3ccccc3)c(=O)oc2c1. The van der Waals surface area contributed by atoms with E-state index in [4.69, 9.17) is 13.9 Å². The molecule has 0 saturated heterocycles. The molecule has 0 aliphatic rings. The molecule has 0 radical (unpaired) electrons. The van der Waals surface area contributed by atoms with E-state index in [0.717, 1.165) is 27.6 Å². The molecule has 0 unspecified atom stereocenters. The predicted octanol–water partition coefficient (Wildman–Crippen LogP) is 6.41. The zero-order chi connectivity index (χ0) is 25.0. The minimum Gasteiger partial charge on any atom is -0.497 e. The third kappa shape index (κ3) is 5.87. The van der Waals surface area contributed by atoms with E-state index >= 15 is 0 Å². The van der Waals surface area contributed by atoms with Gasteiger partial charge in [-0.15, -0.1) is 0 Å². The van der Waals surface area contributed by atoms with Crippen LogP contribution in [0, 0.1) is 0 Å². The van der Waals surface area contributed by atoms with Crippen LogP contribution < -0.4 is 10.4 Å². The van der Waals surface area contributed by atoms with Crippen molar-refractivity contribution in [1.29, 1.82) is 0 Å². The van der Waals surface area contributed by atoms with Crippen molar-refractivity contribution in [3.63, 3.8) is 0 Å². The number of rotatable bonds is 6. The zero-order valence-electron chi connectivity index (χ0n) is 20.3. The van der Waals surface area contributed by atoms with Crippen LogP contribution in [0.3, 0.4) is 0 Å². The third-order valence-corrected chi connectivity index (χ3v) is 5.46. The molecule has 1 aromatic heterocycles. The lowest BCUT2D eigenvalue weighted by Crippen LogP contribution is -2.22. The predicted molar refractivity (Wildman–Crippen MR) is 139 cm³/mol. The molecule has 0 bridgehead atoms. The molecule has 4 aromatic rings. The molecule has 4 rings (SSSR count). The first kappa shape index (κ1) is 24.0. The van der Waals surface area contributed by atoms with Crippen LogP contribution >= 0.6 is 0 Å². The number of carbonyl (C=O) groups is 1. The van der Waals surface area contributed by atoms with Crippen molar-refractivity contribution in [3.05, 3.63) is 106 Å². The number of esters is 1. The van der Waals surface area contributed by atoms with E-state index in [-0.39, 0.29) is 11.6 Å². The fourth-order valence-corrected chi connectivity index (χ4v) is 3.90. The second-order valence-electron chi connectivity index (χ2n) is 9.26. The second-order valence-corrected chi connectivity index (χ2v) is 9.26. The van der Waals surface area contributed by atoms with Gasteiger partial charge >= 0.3 is 11.6 Å². The van der Waals surface area contributed by atoms with Gasteiger partial charge in [-0.3, -0.25) is 0 Å². The molecule has 0 spiro atoms. The van der Waals surface area contributed by atoms with Crippen LogP contribution in [0.25, 0.3) is 28.2 Å². The topological polar surface area (TPSA) is 65.7 Å². The van der Waals surface area contributed by atoms with Gasteiger partial charge in [0.2, 0.25) is 0 Å². The molecule has 0 saturated carbocycles. The van der Waals surface area contributed by atoms with E-state index in [9.17, 15) is 9.59 Å². The molecule has 5 heteroatoms. The van der Waals surface area contributed by atoms with Gasteiger partial charge in [0, 0.05) is 17.5 Å². The molecule has 0 aliphatic carbocycles. The van der Waals surface area contributed by atoms with E-state index in [2.05, 4.69) is 0 Å². The Bertz CT molecular complexity index is 1420. The van der Waals surface area contributed by atoms with E-state index in [1.54, 1.807) is 19.3 Å². The summed E-state index contributed by atoms with van der Waals surface area (Å²) in [5.41, 5.74) is 3.73. The molecule has 35 heavy (non-hydrogen) atoms. The largest absolute Gasteiger partial charge is 0.497 e. The summed E-state index contributed by atoms with van der Waals surface area (Å²) in [6.45, 7) is 5.50. The van der Waals surface area contributed by atoms with Crippen molar-refractivity contribution >= 4 is 23.0 Å². The van der Waals surface area contributed by atoms with Gasteiger partial charge in [0.05, 0.1) is 12.7 Å². The fourth-order valence-electron chi connectivity index (χ4n) is 3.90. The smallest absolute Gasteiger partial charge is 0.344 e. The summed E-state index contributed by atoms with van der Waals surface area (Å²) in [6.07, 6.45) is 3.69. The van der Waals surface area contributed by atoms with Crippen molar-refractivity contribution in [2.24, 2.45) is 0 Å². The van der Waals surface area contributed by atoms with Gasteiger partial charge in [-0.2, -0.15) is 0 Å². The Kier molecular flexibility index (Phi) is 6.87. The van der Waals surface area contributed by atoms with Gasteiger partial charge in [0.1, 0.15) is 16.9 Å². The molecule has 0 atom stereocenters. The van der Waals surface area contributed by atoms with Crippen molar-refractivity contribution in [1.82, 2.24) is 0 Å². The number of benzene rings is 3. The highest BCUT2D eigenvalue weighted by atomic mass is 16.6. The lowest BCUT2D eigenvalue weighted by Gasteiger charge is -2.17. The van der Waals surface area contributed by atoms with Crippen LogP contribution in [0.5, 0.6) is 5.75 Å². The number of fused-ring (bicyclic) bond motifs is 1. The van der Waals surface area contributed by atoms with Gasteiger partial charge in [0.25, 0.3) is 0 Å². The van der Waals surface area contributed by atoms with Crippen LogP contribution in [-0.4, -0.2) is 18.7 Å². The van der Waals surface area contributed by atoms with Crippen molar-refractivity contribution in [2.45, 2.75) is 32.8 Å². The van der Waals surface area contributed by atoms with Gasteiger partial charge in [-0.1, -0.05) is 54.6 Å². The first-order valence-corrected chi connectivity index (χ1v) is 11.4. The molecule has 5 nitrogen and oxygen atoms in total. The first-order valence-electron chi connectivity index (χ1n) is 11.4. The van der Waals surface area contributed by atoms with Gasteiger partial charge in [0.15, 0.2) is 0 Å². The first-order chi connectivity index (χ1) is 16.7.